The van der Waals surface area contributed by atoms with Gasteiger partial charge < -0.3 is 15.2 Å². The van der Waals surface area contributed by atoms with Gasteiger partial charge in [-0.2, -0.15) is 0 Å². The van der Waals surface area contributed by atoms with Gasteiger partial charge in [0.15, 0.2) is 0 Å². The Morgan fingerprint density at radius 2 is 2.25 bits per heavy atom. The fourth-order valence-corrected chi connectivity index (χ4v) is 2.33. The lowest BCUT2D eigenvalue weighted by Crippen LogP contribution is -2.44. The van der Waals surface area contributed by atoms with Crippen molar-refractivity contribution in [2.75, 3.05) is 13.2 Å². The van der Waals surface area contributed by atoms with Gasteiger partial charge in [0.2, 0.25) is 0 Å². The zero-order chi connectivity index (χ0) is 14.6. The standard InChI is InChI=1S/C15H19NO4/c1-15(7-3-9-20-15)14(19)16-8-6-11-4-2-5-12(10-11)13(17)18/h2,4-5,10H,3,6-9H2,1H3,(H,16,19)(H,17,18). The topological polar surface area (TPSA) is 75.6 Å². The predicted octanol–water partition coefficient (Wildman–Crippen LogP) is 1.61. The number of nitrogens with one attached hydrogen (secondary N) is 1. The summed E-state index contributed by atoms with van der Waals surface area (Å²) in [6.45, 7) is 2.91. The highest BCUT2D eigenvalue weighted by Crippen LogP contribution is 2.24. The summed E-state index contributed by atoms with van der Waals surface area (Å²) in [5.74, 6) is -1.04. The monoisotopic (exact) mass is 277 g/mol. The van der Waals surface area contributed by atoms with E-state index in [1.165, 1.54) is 0 Å². The van der Waals surface area contributed by atoms with Crippen molar-refractivity contribution in [3.05, 3.63) is 35.4 Å². The molecule has 1 saturated heterocycles. The molecule has 0 spiro atoms. The number of carboxylic acid groups (broad SMARTS) is 1. The molecule has 0 bridgehead atoms. The first-order valence-electron chi connectivity index (χ1n) is 6.76. The van der Waals surface area contributed by atoms with E-state index in [0.717, 1.165) is 18.4 Å². The minimum Gasteiger partial charge on any atom is -0.478 e. The first-order valence-corrected chi connectivity index (χ1v) is 6.76. The van der Waals surface area contributed by atoms with Crippen molar-refractivity contribution in [1.82, 2.24) is 5.32 Å². The smallest absolute Gasteiger partial charge is 0.335 e. The molecule has 1 fully saturated rings. The lowest BCUT2D eigenvalue weighted by Gasteiger charge is -2.21. The minimum atomic E-state index is -0.942. The van der Waals surface area contributed by atoms with Crippen LogP contribution in [-0.4, -0.2) is 35.7 Å². The SMILES string of the molecule is CC1(C(=O)NCCc2cccc(C(=O)O)c2)CCCO1. The number of carboxylic acids is 1. The van der Waals surface area contributed by atoms with Gasteiger partial charge in [0.25, 0.3) is 5.91 Å². The molecule has 1 atom stereocenters. The van der Waals surface area contributed by atoms with E-state index in [4.69, 9.17) is 9.84 Å². The lowest BCUT2D eigenvalue weighted by molar-refractivity contribution is -0.139. The Hall–Kier alpha value is -1.88. The molecule has 20 heavy (non-hydrogen) atoms. The number of hydrogen-bond donors (Lipinski definition) is 2. The number of carbonyl (C=O) groups excluding carboxylic acids is 1. The third-order valence-corrected chi connectivity index (χ3v) is 3.57. The van der Waals surface area contributed by atoms with Gasteiger partial charge in [-0.3, -0.25) is 4.79 Å². The van der Waals surface area contributed by atoms with Crippen LogP contribution in [0.15, 0.2) is 24.3 Å². The van der Waals surface area contributed by atoms with Gasteiger partial charge in [-0.15, -0.1) is 0 Å². The number of ether oxygens (including phenoxy) is 1. The summed E-state index contributed by atoms with van der Waals surface area (Å²) in [5, 5.41) is 11.8. The summed E-state index contributed by atoms with van der Waals surface area (Å²) in [4.78, 5) is 22.9. The Labute approximate surface area is 117 Å². The summed E-state index contributed by atoms with van der Waals surface area (Å²) >= 11 is 0. The van der Waals surface area contributed by atoms with Crippen LogP contribution in [0.2, 0.25) is 0 Å². The number of carbonyl (C=O) groups is 2. The van der Waals surface area contributed by atoms with Crippen molar-refractivity contribution >= 4 is 11.9 Å². The number of amides is 1. The van der Waals surface area contributed by atoms with Crippen molar-refractivity contribution in [2.45, 2.75) is 31.8 Å². The van der Waals surface area contributed by atoms with Crippen molar-refractivity contribution in [2.24, 2.45) is 0 Å². The molecule has 1 amide bonds. The van der Waals surface area contributed by atoms with Gasteiger partial charge in [0.1, 0.15) is 5.60 Å². The van der Waals surface area contributed by atoms with Crippen molar-refractivity contribution in [3.8, 4) is 0 Å². The van der Waals surface area contributed by atoms with E-state index in [2.05, 4.69) is 5.32 Å². The second kappa shape index (κ2) is 6.05. The molecule has 1 aromatic carbocycles. The van der Waals surface area contributed by atoms with E-state index in [1.54, 1.807) is 25.1 Å². The molecule has 2 rings (SSSR count). The van der Waals surface area contributed by atoms with Crippen molar-refractivity contribution in [3.63, 3.8) is 0 Å². The van der Waals surface area contributed by atoms with Crippen LogP contribution in [0.1, 0.15) is 35.7 Å². The van der Waals surface area contributed by atoms with Crippen LogP contribution in [0.3, 0.4) is 0 Å². The van der Waals surface area contributed by atoms with Crippen molar-refractivity contribution in [1.29, 1.82) is 0 Å². The van der Waals surface area contributed by atoms with Crippen LogP contribution < -0.4 is 5.32 Å². The average Bonchev–Trinajstić information content (AvgIpc) is 2.87. The Balaban J connectivity index is 1.85. The van der Waals surface area contributed by atoms with Crippen LogP contribution in [0.4, 0.5) is 0 Å². The Morgan fingerprint density at radius 1 is 1.45 bits per heavy atom. The maximum atomic E-state index is 12.0. The molecular weight excluding hydrogens is 258 g/mol. The van der Waals surface area contributed by atoms with Gasteiger partial charge >= 0.3 is 5.97 Å². The largest absolute Gasteiger partial charge is 0.478 e. The van der Waals surface area contributed by atoms with Crippen LogP contribution in [-0.2, 0) is 16.0 Å². The predicted molar refractivity (Wildman–Crippen MR) is 73.7 cm³/mol. The summed E-state index contributed by atoms with van der Waals surface area (Å²) in [6, 6.07) is 6.74. The van der Waals surface area contributed by atoms with Gasteiger partial charge in [-0.1, -0.05) is 12.1 Å². The Bertz CT molecular complexity index is 506. The molecule has 1 heterocycles. The minimum absolute atomic E-state index is 0.0932. The molecule has 0 aliphatic carbocycles. The fourth-order valence-electron chi connectivity index (χ4n) is 2.33. The molecule has 5 nitrogen and oxygen atoms in total. The number of hydrogen-bond acceptors (Lipinski definition) is 3. The zero-order valence-electron chi connectivity index (χ0n) is 11.5. The number of aromatic carboxylic acids is 1. The normalized spacial score (nSPS) is 21.6. The molecule has 5 heteroatoms. The highest BCUT2D eigenvalue weighted by molar-refractivity contribution is 5.87. The van der Waals surface area contributed by atoms with Crippen LogP contribution in [0.5, 0.6) is 0 Å². The first kappa shape index (κ1) is 14.5. The quantitative estimate of drug-likeness (QED) is 0.857. The molecule has 0 aromatic heterocycles. The average molecular weight is 277 g/mol. The summed E-state index contributed by atoms with van der Waals surface area (Å²) in [5.41, 5.74) is 0.450. The number of rotatable bonds is 5. The maximum Gasteiger partial charge on any atom is 0.335 e. The molecule has 1 aliphatic heterocycles. The molecule has 108 valence electrons. The second-order valence-electron chi connectivity index (χ2n) is 5.19. The Kier molecular flexibility index (Phi) is 4.39. The fraction of sp³-hybridized carbons (Fsp3) is 0.467. The highest BCUT2D eigenvalue weighted by Gasteiger charge is 2.37. The van der Waals surface area contributed by atoms with Crippen molar-refractivity contribution < 1.29 is 19.4 Å². The van der Waals surface area contributed by atoms with E-state index in [-0.39, 0.29) is 11.5 Å². The third-order valence-electron chi connectivity index (χ3n) is 3.57. The van der Waals surface area contributed by atoms with E-state index in [9.17, 15) is 9.59 Å². The summed E-state index contributed by atoms with van der Waals surface area (Å²) in [6.07, 6.45) is 2.25. The molecule has 2 N–H and O–H groups in total. The van der Waals surface area contributed by atoms with Crippen LogP contribution in [0.25, 0.3) is 0 Å². The second-order valence-corrected chi connectivity index (χ2v) is 5.19. The Morgan fingerprint density at radius 3 is 2.90 bits per heavy atom. The lowest BCUT2D eigenvalue weighted by atomic mass is 10.0. The van der Waals surface area contributed by atoms with Gasteiger partial charge in [-0.05, 0) is 43.9 Å². The summed E-state index contributed by atoms with van der Waals surface area (Å²) < 4.78 is 5.47. The van der Waals surface area contributed by atoms with E-state index in [1.807, 2.05) is 6.07 Å². The van der Waals surface area contributed by atoms with Crippen LogP contribution in [0, 0.1) is 0 Å². The zero-order valence-corrected chi connectivity index (χ0v) is 11.5. The first-order chi connectivity index (χ1) is 9.51. The van der Waals surface area contributed by atoms with Crippen LogP contribution >= 0.6 is 0 Å². The maximum absolute atomic E-state index is 12.0. The molecular formula is C15H19NO4. The van der Waals surface area contributed by atoms with E-state index < -0.39 is 11.6 Å². The third kappa shape index (κ3) is 3.36. The van der Waals surface area contributed by atoms with E-state index >= 15 is 0 Å². The summed E-state index contributed by atoms with van der Waals surface area (Å²) in [7, 11) is 0. The molecule has 1 aromatic rings. The highest BCUT2D eigenvalue weighted by atomic mass is 16.5. The van der Waals surface area contributed by atoms with Gasteiger partial charge in [0, 0.05) is 13.2 Å². The molecule has 0 radical (unpaired) electrons. The molecule has 1 aliphatic rings. The molecule has 0 saturated carbocycles. The number of benzene rings is 1. The van der Waals surface area contributed by atoms with Gasteiger partial charge in [0.05, 0.1) is 5.56 Å². The van der Waals surface area contributed by atoms with E-state index in [0.29, 0.717) is 19.6 Å². The molecule has 1 unspecified atom stereocenters. The van der Waals surface area contributed by atoms with Gasteiger partial charge in [-0.25, -0.2) is 4.79 Å².